The van der Waals surface area contributed by atoms with Crippen LogP contribution in [0.15, 0.2) is 51.5 Å². The maximum absolute atomic E-state index is 11.8. The molecule has 0 saturated heterocycles. The Labute approximate surface area is 116 Å². The van der Waals surface area contributed by atoms with Gasteiger partial charge in [-0.15, -0.1) is 0 Å². The lowest BCUT2D eigenvalue weighted by Gasteiger charge is -1.97. The zero-order valence-corrected chi connectivity index (χ0v) is 11.2. The molecule has 0 bridgehead atoms. The summed E-state index contributed by atoms with van der Waals surface area (Å²) in [5.74, 6) is 1.29. The lowest BCUT2D eigenvalue weighted by molar-refractivity contribution is -0.129. The molecule has 20 heavy (non-hydrogen) atoms. The van der Waals surface area contributed by atoms with E-state index >= 15 is 0 Å². The summed E-state index contributed by atoms with van der Waals surface area (Å²) in [6, 6.07) is 11.2. The average Bonchev–Trinajstić information content (AvgIpc) is 2.95. The SMILES string of the molecule is Cc1cc(/C=C2\N=C(c3ccccc3)OC2=O)oc1C. The molecule has 0 aliphatic carbocycles. The molecule has 3 rings (SSSR count). The van der Waals surface area contributed by atoms with Crippen molar-refractivity contribution >= 4 is 17.9 Å². The number of ether oxygens (including phenoxy) is 1. The summed E-state index contributed by atoms with van der Waals surface area (Å²) < 4.78 is 10.7. The molecule has 2 aromatic rings. The summed E-state index contributed by atoms with van der Waals surface area (Å²) in [5.41, 5.74) is 2.06. The average molecular weight is 267 g/mol. The summed E-state index contributed by atoms with van der Waals surface area (Å²) in [4.78, 5) is 16.0. The van der Waals surface area contributed by atoms with Gasteiger partial charge >= 0.3 is 5.97 Å². The monoisotopic (exact) mass is 267 g/mol. The van der Waals surface area contributed by atoms with E-state index in [-0.39, 0.29) is 5.70 Å². The van der Waals surface area contributed by atoms with Gasteiger partial charge in [0.25, 0.3) is 0 Å². The van der Waals surface area contributed by atoms with Crippen molar-refractivity contribution in [3.8, 4) is 0 Å². The zero-order chi connectivity index (χ0) is 14.1. The van der Waals surface area contributed by atoms with Gasteiger partial charge in [-0.3, -0.25) is 0 Å². The van der Waals surface area contributed by atoms with Crippen LogP contribution in [0.2, 0.25) is 0 Å². The molecule has 1 aliphatic heterocycles. The first-order valence-electron chi connectivity index (χ1n) is 6.28. The fourth-order valence-corrected chi connectivity index (χ4v) is 1.92. The van der Waals surface area contributed by atoms with Gasteiger partial charge in [0, 0.05) is 11.6 Å². The molecule has 100 valence electrons. The Morgan fingerprint density at radius 2 is 1.90 bits per heavy atom. The van der Waals surface area contributed by atoms with Crippen molar-refractivity contribution in [1.29, 1.82) is 0 Å². The summed E-state index contributed by atoms with van der Waals surface area (Å²) in [6.45, 7) is 3.83. The molecule has 4 heteroatoms. The highest BCUT2D eigenvalue weighted by Crippen LogP contribution is 2.21. The van der Waals surface area contributed by atoms with Gasteiger partial charge in [0.15, 0.2) is 5.70 Å². The van der Waals surface area contributed by atoms with E-state index in [0.717, 1.165) is 16.9 Å². The van der Waals surface area contributed by atoms with Crippen molar-refractivity contribution in [2.24, 2.45) is 4.99 Å². The van der Waals surface area contributed by atoms with Gasteiger partial charge in [0.05, 0.1) is 0 Å². The molecular weight excluding hydrogens is 254 g/mol. The smallest absolute Gasteiger partial charge is 0.363 e. The number of nitrogens with zero attached hydrogens (tertiary/aromatic N) is 1. The molecule has 0 saturated carbocycles. The fourth-order valence-electron chi connectivity index (χ4n) is 1.92. The van der Waals surface area contributed by atoms with Crippen molar-refractivity contribution in [1.82, 2.24) is 0 Å². The van der Waals surface area contributed by atoms with Crippen molar-refractivity contribution in [2.45, 2.75) is 13.8 Å². The molecule has 0 N–H and O–H groups in total. The minimum Gasteiger partial charge on any atom is -0.462 e. The molecule has 0 atom stereocenters. The third-order valence-electron chi connectivity index (χ3n) is 3.11. The minimum absolute atomic E-state index is 0.248. The predicted molar refractivity (Wildman–Crippen MR) is 75.2 cm³/mol. The molecular formula is C16H13NO3. The van der Waals surface area contributed by atoms with Crippen LogP contribution in [0.3, 0.4) is 0 Å². The second-order valence-electron chi connectivity index (χ2n) is 4.59. The standard InChI is InChI=1S/C16H13NO3/c1-10-8-13(19-11(10)2)9-14-16(18)20-15(17-14)12-6-4-3-5-7-12/h3-9H,1-2H3/b14-9-. The van der Waals surface area contributed by atoms with Crippen LogP contribution in [0.4, 0.5) is 0 Å². The molecule has 2 heterocycles. The lowest BCUT2D eigenvalue weighted by atomic mass is 10.2. The Hall–Kier alpha value is -2.62. The number of hydrogen-bond donors (Lipinski definition) is 0. The Morgan fingerprint density at radius 1 is 1.15 bits per heavy atom. The van der Waals surface area contributed by atoms with E-state index in [0.29, 0.717) is 11.7 Å². The van der Waals surface area contributed by atoms with Crippen molar-refractivity contribution < 1.29 is 13.9 Å². The number of furan rings is 1. The number of cyclic esters (lactones) is 1. The fraction of sp³-hybridized carbons (Fsp3) is 0.125. The van der Waals surface area contributed by atoms with Crippen LogP contribution in [0.1, 0.15) is 22.6 Å². The Bertz CT molecular complexity index is 704. The highest BCUT2D eigenvalue weighted by Gasteiger charge is 2.24. The minimum atomic E-state index is -0.462. The molecule has 0 amide bonds. The van der Waals surface area contributed by atoms with Gasteiger partial charge in [-0.25, -0.2) is 9.79 Å². The number of carbonyl (C=O) groups excluding carboxylic acids is 1. The second kappa shape index (κ2) is 4.81. The van der Waals surface area contributed by atoms with Crippen LogP contribution in [0, 0.1) is 13.8 Å². The van der Waals surface area contributed by atoms with Crippen LogP contribution in [0.25, 0.3) is 6.08 Å². The van der Waals surface area contributed by atoms with E-state index in [1.165, 1.54) is 0 Å². The van der Waals surface area contributed by atoms with Gasteiger partial charge < -0.3 is 9.15 Å². The van der Waals surface area contributed by atoms with E-state index in [4.69, 9.17) is 9.15 Å². The van der Waals surface area contributed by atoms with Gasteiger partial charge in [-0.2, -0.15) is 0 Å². The number of hydrogen-bond acceptors (Lipinski definition) is 4. The molecule has 1 aromatic heterocycles. The zero-order valence-electron chi connectivity index (χ0n) is 11.2. The Kier molecular flexibility index (Phi) is 2.99. The normalized spacial score (nSPS) is 16.4. The van der Waals surface area contributed by atoms with Gasteiger partial charge in [-0.05, 0) is 37.6 Å². The van der Waals surface area contributed by atoms with Crippen molar-refractivity contribution in [2.75, 3.05) is 0 Å². The molecule has 1 aromatic carbocycles. The highest BCUT2D eigenvalue weighted by molar-refractivity contribution is 6.12. The van der Waals surface area contributed by atoms with Crippen LogP contribution in [-0.2, 0) is 9.53 Å². The first-order chi connectivity index (χ1) is 9.63. The highest BCUT2D eigenvalue weighted by atomic mass is 16.6. The van der Waals surface area contributed by atoms with E-state index in [1.54, 1.807) is 6.08 Å². The van der Waals surface area contributed by atoms with Crippen LogP contribution < -0.4 is 0 Å². The lowest BCUT2D eigenvalue weighted by Crippen LogP contribution is -2.04. The number of esters is 1. The van der Waals surface area contributed by atoms with E-state index < -0.39 is 5.97 Å². The maximum atomic E-state index is 11.8. The second-order valence-corrected chi connectivity index (χ2v) is 4.59. The molecule has 4 nitrogen and oxygen atoms in total. The van der Waals surface area contributed by atoms with Gasteiger partial charge in [-0.1, -0.05) is 18.2 Å². The van der Waals surface area contributed by atoms with E-state index in [2.05, 4.69) is 4.99 Å². The maximum Gasteiger partial charge on any atom is 0.363 e. The van der Waals surface area contributed by atoms with Crippen LogP contribution in [0.5, 0.6) is 0 Å². The first kappa shape index (κ1) is 12.4. The topological polar surface area (TPSA) is 51.8 Å². The summed E-state index contributed by atoms with van der Waals surface area (Å²) in [7, 11) is 0. The number of carbonyl (C=O) groups is 1. The van der Waals surface area contributed by atoms with Crippen LogP contribution >= 0.6 is 0 Å². The summed E-state index contributed by atoms with van der Waals surface area (Å²) >= 11 is 0. The van der Waals surface area contributed by atoms with E-state index in [9.17, 15) is 4.79 Å². The molecule has 0 radical (unpaired) electrons. The molecule has 1 aliphatic rings. The number of aryl methyl sites for hydroxylation is 2. The third-order valence-corrected chi connectivity index (χ3v) is 3.11. The number of aliphatic imine (C=N–C) groups is 1. The van der Waals surface area contributed by atoms with Crippen molar-refractivity contribution in [3.63, 3.8) is 0 Å². The van der Waals surface area contributed by atoms with Crippen LogP contribution in [-0.4, -0.2) is 11.9 Å². The quantitative estimate of drug-likeness (QED) is 0.620. The molecule has 0 unspecified atom stereocenters. The van der Waals surface area contributed by atoms with Gasteiger partial charge in [0.1, 0.15) is 11.5 Å². The largest absolute Gasteiger partial charge is 0.462 e. The number of rotatable bonds is 2. The Balaban J connectivity index is 1.94. The third kappa shape index (κ3) is 2.28. The summed E-state index contributed by atoms with van der Waals surface area (Å²) in [6.07, 6.45) is 1.60. The first-order valence-corrected chi connectivity index (χ1v) is 6.28. The number of benzene rings is 1. The van der Waals surface area contributed by atoms with E-state index in [1.807, 2.05) is 50.2 Å². The van der Waals surface area contributed by atoms with Gasteiger partial charge in [0.2, 0.25) is 5.90 Å². The molecule has 0 fully saturated rings. The predicted octanol–water partition coefficient (Wildman–Crippen LogP) is 3.24. The Morgan fingerprint density at radius 3 is 2.55 bits per heavy atom. The summed E-state index contributed by atoms with van der Waals surface area (Å²) in [5, 5.41) is 0. The van der Waals surface area contributed by atoms with Crippen molar-refractivity contribution in [3.05, 3.63) is 64.7 Å². The molecule has 0 spiro atoms.